The lowest BCUT2D eigenvalue weighted by atomic mass is 9.88. The quantitative estimate of drug-likeness (QED) is 0.872. The van der Waals surface area contributed by atoms with Gasteiger partial charge in [0.25, 0.3) is 5.91 Å². The largest absolute Gasteiger partial charge is 0.349 e. The van der Waals surface area contributed by atoms with Crippen molar-refractivity contribution in [2.75, 3.05) is 27.2 Å². The van der Waals surface area contributed by atoms with Gasteiger partial charge in [-0.05, 0) is 30.9 Å². The third-order valence-corrected chi connectivity index (χ3v) is 4.69. The molecule has 0 saturated carbocycles. The second kappa shape index (κ2) is 6.59. The molecule has 2 aliphatic rings. The second-order valence-electron chi connectivity index (χ2n) is 6.56. The summed E-state index contributed by atoms with van der Waals surface area (Å²) in [5.41, 5.74) is 0.370. The normalized spacial score (nSPS) is 19.2. The standard InChI is InChI=1S/C17H23N5O2/c1-21(2)16-19-15(24)17(20-16)7-10-22(11-8-17)14(23)6-5-13-4-3-9-18-12-13/h3-4,9,12H,5-8,10-11H2,1-2H3,(H,19,20,24). The molecule has 0 radical (unpaired) electrons. The van der Waals surface area contributed by atoms with Crippen LogP contribution < -0.4 is 5.32 Å². The fourth-order valence-corrected chi connectivity index (χ4v) is 3.13. The number of nitrogens with one attached hydrogen (secondary N) is 1. The minimum absolute atomic E-state index is 0.0475. The van der Waals surface area contributed by atoms with E-state index in [0.29, 0.717) is 44.7 Å². The summed E-state index contributed by atoms with van der Waals surface area (Å²) in [7, 11) is 3.71. The monoisotopic (exact) mass is 329 g/mol. The minimum Gasteiger partial charge on any atom is -0.349 e. The molecule has 0 aliphatic carbocycles. The van der Waals surface area contributed by atoms with Crippen molar-refractivity contribution in [3.05, 3.63) is 30.1 Å². The first-order valence-electron chi connectivity index (χ1n) is 8.25. The van der Waals surface area contributed by atoms with E-state index in [0.717, 1.165) is 5.56 Å². The van der Waals surface area contributed by atoms with E-state index in [1.165, 1.54) is 0 Å². The Balaban J connectivity index is 1.55. The highest BCUT2D eigenvalue weighted by Gasteiger charge is 2.46. The van der Waals surface area contributed by atoms with Crippen LogP contribution in [0.15, 0.2) is 29.5 Å². The van der Waals surface area contributed by atoms with Crippen LogP contribution in [-0.4, -0.2) is 65.3 Å². The molecule has 0 bridgehead atoms. The van der Waals surface area contributed by atoms with E-state index in [-0.39, 0.29) is 11.8 Å². The molecule has 128 valence electrons. The summed E-state index contributed by atoms with van der Waals surface area (Å²) in [6.07, 6.45) is 5.84. The van der Waals surface area contributed by atoms with Gasteiger partial charge in [0.05, 0.1) is 0 Å². The summed E-state index contributed by atoms with van der Waals surface area (Å²) in [5, 5.41) is 2.83. The van der Waals surface area contributed by atoms with Crippen molar-refractivity contribution in [3.8, 4) is 0 Å². The van der Waals surface area contributed by atoms with E-state index < -0.39 is 5.54 Å². The Bertz CT molecular complexity index is 648. The number of nitrogens with zero attached hydrogens (tertiary/aromatic N) is 4. The summed E-state index contributed by atoms with van der Waals surface area (Å²) in [4.78, 5) is 37.0. The predicted octanol–water partition coefficient (Wildman–Crippen LogP) is 0.423. The molecule has 3 heterocycles. The predicted molar refractivity (Wildman–Crippen MR) is 90.4 cm³/mol. The Morgan fingerprint density at radius 3 is 2.71 bits per heavy atom. The van der Waals surface area contributed by atoms with Crippen LogP contribution in [0.25, 0.3) is 0 Å². The van der Waals surface area contributed by atoms with Gasteiger partial charge >= 0.3 is 0 Å². The van der Waals surface area contributed by atoms with Gasteiger partial charge in [-0.2, -0.15) is 0 Å². The third kappa shape index (κ3) is 3.25. The van der Waals surface area contributed by atoms with Crippen LogP contribution in [0.3, 0.4) is 0 Å². The van der Waals surface area contributed by atoms with E-state index in [4.69, 9.17) is 0 Å². The number of likely N-dealkylation sites (tertiary alicyclic amines) is 1. The lowest BCUT2D eigenvalue weighted by Gasteiger charge is -2.35. The molecule has 24 heavy (non-hydrogen) atoms. The van der Waals surface area contributed by atoms with Crippen molar-refractivity contribution < 1.29 is 9.59 Å². The van der Waals surface area contributed by atoms with Crippen molar-refractivity contribution in [2.24, 2.45) is 4.99 Å². The first kappa shape index (κ1) is 16.4. The summed E-state index contributed by atoms with van der Waals surface area (Å²) in [5.74, 6) is 0.689. The van der Waals surface area contributed by atoms with Crippen molar-refractivity contribution in [1.29, 1.82) is 0 Å². The second-order valence-corrected chi connectivity index (χ2v) is 6.56. The van der Waals surface area contributed by atoms with Crippen LogP contribution in [0.5, 0.6) is 0 Å². The lowest BCUT2D eigenvalue weighted by molar-refractivity contribution is -0.135. The molecule has 1 saturated heterocycles. The Morgan fingerprint density at radius 2 is 2.12 bits per heavy atom. The first-order valence-corrected chi connectivity index (χ1v) is 8.25. The zero-order chi connectivity index (χ0) is 17.2. The van der Waals surface area contributed by atoms with Crippen molar-refractivity contribution >= 4 is 17.8 Å². The van der Waals surface area contributed by atoms with Gasteiger partial charge in [-0.1, -0.05) is 6.07 Å². The molecule has 2 amide bonds. The number of carbonyl (C=O) groups is 2. The average molecular weight is 329 g/mol. The topological polar surface area (TPSA) is 77.9 Å². The zero-order valence-electron chi connectivity index (χ0n) is 14.2. The zero-order valence-corrected chi connectivity index (χ0v) is 14.2. The number of aliphatic imine (C=N–C) groups is 1. The van der Waals surface area contributed by atoms with Crippen molar-refractivity contribution in [1.82, 2.24) is 20.1 Å². The molecule has 7 heteroatoms. The molecule has 0 aromatic carbocycles. The molecule has 1 spiro atoms. The Kier molecular flexibility index (Phi) is 4.51. The number of guanidine groups is 1. The highest BCUT2D eigenvalue weighted by atomic mass is 16.2. The van der Waals surface area contributed by atoms with Gasteiger partial charge in [0.15, 0.2) is 0 Å². The lowest BCUT2D eigenvalue weighted by Crippen LogP contribution is -2.50. The molecule has 1 aromatic rings. The highest BCUT2D eigenvalue weighted by Crippen LogP contribution is 2.30. The van der Waals surface area contributed by atoms with Gasteiger partial charge in [0.1, 0.15) is 5.54 Å². The molecule has 1 fully saturated rings. The molecule has 0 atom stereocenters. The maximum absolute atomic E-state index is 12.4. The molecular weight excluding hydrogens is 306 g/mol. The maximum atomic E-state index is 12.4. The number of aromatic nitrogens is 1. The number of aryl methyl sites for hydroxylation is 1. The van der Waals surface area contributed by atoms with Crippen LogP contribution in [-0.2, 0) is 16.0 Å². The molecule has 7 nitrogen and oxygen atoms in total. The van der Waals surface area contributed by atoms with Gasteiger partial charge in [-0.15, -0.1) is 0 Å². The van der Waals surface area contributed by atoms with Crippen LogP contribution in [0.4, 0.5) is 0 Å². The molecule has 1 aromatic heterocycles. The van der Waals surface area contributed by atoms with E-state index in [9.17, 15) is 9.59 Å². The Labute approximate surface area is 141 Å². The van der Waals surface area contributed by atoms with E-state index >= 15 is 0 Å². The van der Waals surface area contributed by atoms with Crippen molar-refractivity contribution in [3.63, 3.8) is 0 Å². The van der Waals surface area contributed by atoms with Crippen LogP contribution >= 0.6 is 0 Å². The van der Waals surface area contributed by atoms with Crippen LogP contribution in [0.1, 0.15) is 24.8 Å². The molecule has 3 rings (SSSR count). The van der Waals surface area contributed by atoms with Gasteiger partial charge in [-0.3, -0.25) is 19.9 Å². The summed E-state index contributed by atoms with van der Waals surface area (Å²) in [6, 6.07) is 3.86. The van der Waals surface area contributed by atoms with Gasteiger partial charge in [-0.25, -0.2) is 4.99 Å². The van der Waals surface area contributed by atoms with Crippen LogP contribution in [0, 0.1) is 0 Å². The molecule has 2 aliphatic heterocycles. The SMILES string of the molecule is CN(C)C1=NC2(CCN(C(=O)CCc3cccnc3)CC2)C(=O)N1. The Hall–Kier alpha value is -2.44. The fraction of sp³-hybridized carbons (Fsp3) is 0.529. The number of pyridine rings is 1. The number of rotatable bonds is 3. The fourth-order valence-electron chi connectivity index (χ4n) is 3.13. The molecule has 1 N–H and O–H groups in total. The number of hydrogen-bond acceptors (Lipinski definition) is 5. The number of amides is 2. The first-order chi connectivity index (χ1) is 11.5. The van der Waals surface area contributed by atoms with E-state index in [1.54, 1.807) is 17.3 Å². The third-order valence-electron chi connectivity index (χ3n) is 4.69. The molecule has 0 unspecified atom stereocenters. The molecular formula is C17H23N5O2. The number of piperidine rings is 1. The number of carbonyl (C=O) groups excluding carboxylic acids is 2. The maximum Gasteiger partial charge on any atom is 0.254 e. The van der Waals surface area contributed by atoms with Gasteiger partial charge in [0.2, 0.25) is 11.9 Å². The van der Waals surface area contributed by atoms with E-state index in [2.05, 4.69) is 15.3 Å². The average Bonchev–Trinajstić information content (AvgIpc) is 2.91. The summed E-state index contributed by atoms with van der Waals surface area (Å²) < 4.78 is 0. The van der Waals surface area contributed by atoms with E-state index in [1.807, 2.05) is 31.1 Å². The van der Waals surface area contributed by atoms with Crippen molar-refractivity contribution in [2.45, 2.75) is 31.2 Å². The minimum atomic E-state index is -0.695. The highest BCUT2D eigenvalue weighted by molar-refractivity contribution is 6.07. The van der Waals surface area contributed by atoms with Gasteiger partial charge < -0.3 is 9.80 Å². The van der Waals surface area contributed by atoms with Crippen LogP contribution in [0.2, 0.25) is 0 Å². The summed E-state index contributed by atoms with van der Waals surface area (Å²) >= 11 is 0. The number of hydrogen-bond donors (Lipinski definition) is 1. The smallest absolute Gasteiger partial charge is 0.254 e. The van der Waals surface area contributed by atoms with Gasteiger partial charge in [0, 0.05) is 46.0 Å². The summed E-state index contributed by atoms with van der Waals surface area (Å²) in [6.45, 7) is 1.15. The Morgan fingerprint density at radius 1 is 1.38 bits per heavy atom.